The summed E-state index contributed by atoms with van der Waals surface area (Å²) in [5.41, 5.74) is 1.10. The van der Waals surface area contributed by atoms with E-state index in [2.05, 4.69) is 31.8 Å². The Balaban J connectivity index is 1.94. The molecule has 0 radical (unpaired) electrons. The lowest BCUT2D eigenvalue weighted by Crippen LogP contribution is -2.59. The van der Waals surface area contributed by atoms with E-state index in [-0.39, 0.29) is 11.5 Å². The van der Waals surface area contributed by atoms with Gasteiger partial charge in [0, 0.05) is 23.6 Å². The highest BCUT2D eigenvalue weighted by atomic mass is 16.5. The number of hydrogen-bond acceptors (Lipinski definition) is 3. The van der Waals surface area contributed by atoms with Crippen LogP contribution in [0.25, 0.3) is 0 Å². The Kier molecular flexibility index (Phi) is 4.27. The van der Waals surface area contributed by atoms with Crippen molar-refractivity contribution in [2.75, 3.05) is 6.61 Å². The van der Waals surface area contributed by atoms with E-state index in [9.17, 15) is 5.11 Å². The number of aliphatic hydroxyl groups is 1. The smallest absolute Gasteiger partial charge is 0.124 e. The number of hydrogen-bond donors (Lipinski definition) is 2. The largest absolute Gasteiger partial charge is 0.489 e. The molecule has 0 heterocycles. The van der Waals surface area contributed by atoms with E-state index < -0.39 is 0 Å². The van der Waals surface area contributed by atoms with E-state index in [0.29, 0.717) is 12.6 Å². The number of aliphatic hydroxyl groups excluding tert-OH is 1. The highest BCUT2D eigenvalue weighted by molar-refractivity contribution is 5.33. The highest BCUT2D eigenvalue weighted by Crippen LogP contribution is 2.40. The minimum Gasteiger partial charge on any atom is -0.489 e. The van der Waals surface area contributed by atoms with Gasteiger partial charge in [0.25, 0.3) is 0 Å². The molecule has 0 saturated heterocycles. The van der Waals surface area contributed by atoms with Crippen molar-refractivity contribution in [3.05, 3.63) is 42.5 Å². The Morgan fingerprint density at radius 1 is 1.47 bits per heavy atom. The lowest BCUT2D eigenvalue weighted by Gasteiger charge is -2.49. The molecule has 0 spiro atoms. The molecule has 1 aliphatic rings. The SMILES string of the molecule is C=CCOc1ccccc1CNC1CC(O)C1(C)C. The Morgan fingerprint density at radius 3 is 2.84 bits per heavy atom. The minimum atomic E-state index is -0.197. The van der Waals surface area contributed by atoms with Crippen LogP contribution in [0.2, 0.25) is 0 Å². The zero-order chi connectivity index (χ0) is 13.9. The van der Waals surface area contributed by atoms with Crippen LogP contribution in [0.4, 0.5) is 0 Å². The molecule has 104 valence electrons. The van der Waals surface area contributed by atoms with Crippen LogP contribution in [0.15, 0.2) is 36.9 Å². The highest BCUT2D eigenvalue weighted by Gasteiger charge is 2.46. The number of benzene rings is 1. The van der Waals surface area contributed by atoms with Gasteiger partial charge in [-0.2, -0.15) is 0 Å². The van der Waals surface area contributed by atoms with Gasteiger partial charge in [-0.05, 0) is 12.5 Å². The molecule has 1 aromatic rings. The van der Waals surface area contributed by atoms with Crippen LogP contribution in [-0.2, 0) is 6.54 Å². The van der Waals surface area contributed by atoms with Gasteiger partial charge in [-0.25, -0.2) is 0 Å². The fourth-order valence-electron chi connectivity index (χ4n) is 2.42. The second-order valence-corrected chi connectivity index (χ2v) is 5.71. The average Bonchev–Trinajstić information content (AvgIpc) is 2.42. The zero-order valence-electron chi connectivity index (χ0n) is 11.7. The fraction of sp³-hybridized carbons (Fsp3) is 0.500. The fourth-order valence-corrected chi connectivity index (χ4v) is 2.42. The maximum absolute atomic E-state index is 9.74. The van der Waals surface area contributed by atoms with Gasteiger partial charge in [-0.1, -0.05) is 44.7 Å². The lowest BCUT2D eigenvalue weighted by atomic mass is 9.64. The Hall–Kier alpha value is -1.32. The number of rotatable bonds is 6. The topological polar surface area (TPSA) is 41.5 Å². The summed E-state index contributed by atoms with van der Waals surface area (Å²) < 4.78 is 5.64. The maximum atomic E-state index is 9.74. The van der Waals surface area contributed by atoms with E-state index >= 15 is 0 Å². The molecule has 1 aromatic carbocycles. The van der Waals surface area contributed by atoms with Crippen LogP contribution < -0.4 is 10.1 Å². The number of nitrogens with one attached hydrogen (secondary N) is 1. The van der Waals surface area contributed by atoms with Crippen molar-refractivity contribution in [1.29, 1.82) is 0 Å². The molecule has 1 fully saturated rings. The van der Waals surface area contributed by atoms with Crippen LogP contribution in [0, 0.1) is 5.41 Å². The summed E-state index contributed by atoms with van der Waals surface area (Å²) in [6.07, 6.45) is 2.37. The minimum absolute atomic E-state index is 0.0447. The molecule has 3 heteroatoms. The van der Waals surface area contributed by atoms with Gasteiger partial charge in [0.2, 0.25) is 0 Å². The molecule has 1 aliphatic carbocycles. The predicted octanol–water partition coefficient (Wildman–Crippen LogP) is 2.50. The summed E-state index contributed by atoms with van der Waals surface area (Å²) in [4.78, 5) is 0. The Labute approximate surface area is 115 Å². The van der Waals surface area contributed by atoms with Gasteiger partial charge in [0.05, 0.1) is 6.10 Å². The molecule has 2 atom stereocenters. The monoisotopic (exact) mass is 261 g/mol. The third-order valence-electron chi connectivity index (χ3n) is 4.08. The zero-order valence-corrected chi connectivity index (χ0v) is 11.7. The van der Waals surface area contributed by atoms with E-state index in [0.717, 1.165) is 24.3 Å². The molecule has 0 aliphatic heterocycles. The third-order valence-corrected chi connectivity index (χ3v) is 4.08. The summed E-state index contributed by atoms with van der Waals surface area (Å²) in [5.74, 6) is 0.896. The van der Waals surface area contributed by atoms with Crippen LogP contribution in [-0.4, -0.2) is 23.9 Å². The molecule has 0 aromatic heterocycles. The van der Waals surface area contributed by atoms with Gasteiger partial charge < -0.3 is 15.2 Å². The summed E-state index contributed by atoms with van der Waals surface area (Å²) >= 11 is 0. The van der Waals surface area contributed by atoms with E-state index in [1.807, 2.05) is 18.2 Å². The quantitative estimate of drug-likeness (QED) is 0.773. The van der Waals surface area contributed by atoms with Crippen molar-refractivity contribution in [3.63, 3.8) is 0 Å². The van der Waals surface area contributed by atoms with Gasteiger partial charge in [0.1, 0.15) is 12.4 Å². The molecule has 0 amide bonds. The molecule has 3 nitrogen and oxygen atoms in total. The lowest BCUT2D eigenvalue weighted by molar-refractivity contribution is -0.0730. The second kappa shape index (κ2) is 5.76. The summed E-state index contributed by atoms with van der Waals surface area (Å²) in [6, 6.07) is 8.38. The van der Waals surface area contributed by atoms with Gasteiger partial charge in [-0.15, -0.1) is 0 Å². The van der Waals surface area contributed by atoms with Crippen LogP contribution >= 0.6 is 0 Å². The molecule has 2 N–H and O–H groups in total. The van der Waals surface area contributed by atoms with Gasteiger partial charge in [-0.3, -0.25) is 0 Å². The molecule has 19 heavy (non-hydrogen) atoms. The third kappa shape index (κ3) is 2.99. The molecule has 2 unspecified atom stereocenters. The van der Waals surface area contributed by atoms with Crippen molar-refractivity contribution in [2.24, 2.45) is 5.41 Å². The first-order chi connectivity index (χ1) is 9.05. The maximum Gasteiger partial charge on any atom is 0.124 e. The van der Waals surface area contributed by atoms with Crippen molar-refractivity contribution in [3.8, 4) is 5.75 Å². The number of ether oxygens (including phenoxy) is 1. The predicted molar refractivity (Wildman–Crippen MR) is 77.2 cm³/mol. The van der Waals surface area contributed by atoms with Gasteiger partial charge >= 0.3 is 0 Å². The van der Waals surface area contributed by atoms with Crippen molar-refractivity contribution in [2.45, 2.75) is 39.0 Å². The summed E-state index contributed by atoms with van der Waals surface area (Å²) in [5, 5.41) is 13.2. The summed E-state index contributed by atoms with van der Waals surface area (Å²) in [7, 11) is 0. The Bertz CT molecular complexity index is 442. The first-order valence-electron chi connectivity index (χ1n) is 6.78. The molecule has 0 bridgehead atoms. The van der Waals surface area contributed by atoms with Crippen LogP contribution in [0.5, 0.6) is 5.75 Å². The molecular formula is C16H23NO2. The summed E-state index contributed by atoms with van der Waals surface area (Å²) in [6.45, 7) is 9.13. The Morgan fingerprint density at radius 2 is 2.21 bits per heavy atom. The molecular weight excluding hydrogens is 238 g/mol. The average molecular weight is 261 g/mol. The number of para-hydroxylation sites is 1. The second-order valence-electron chi connectivity index (χ2n) is 5.71. The first kappa shape index (κ1) is 14.1. The first-order valence-corrected chi connectivity index (χ1v) is 6.78. The van der Waals surface area contributed by atoms with Crippen LogP contribution in [0.1, 0.15) is 25.8 Å². The molecule has 1 saturated carbocycles. The van der Waals surface area contributed by atoms with E-state index in [1.165, 1.54) is 0 Å². The van der Waals surface area contributed by atoms with Crippen molar-refractivity contribution >= 4 is 0 Å². The van der Waals surface area contributed by atoms with Crippen molar-refractivity contribution in [1.82, 2.24) is 5.32 Å². The van der Waals surface area contributed by atoms with Crippen molar-refractivity contribution < 1.29 is 9.84 Å². The van der Waals surface area contributed by atoms with E-state index in [1.54, 1.807) is 6.08 Å². The normalized spacial score (nSPS) is 24.6. The van der Waals surface area contributed by atoms with E-state index in [4.69, 9.17) is 4.74 Å². The van der Waals surface area contributed by atoms with Gasteiger partial charge in [0.15, 0.2) is 0 Å². The van der Waals surface area contributed by atoms with Crippen LogP contribution in [0.3, 0.4) is 0 Å². The standard InChI is InChI=1S/C16H23NO2/c1-4-9-19-13-8-6-5-7-12(13)11-17-14-10-15(18)16(14,2)3/h4-8,14-15,17-18H,1,9-11H2,2-3H3. The molecule has 2 rings (SSSR count).